The molecule has 0 spiro atoms. The molecule has 1 heterocycles. The Hall–Kier alpha value is -1.13. The molecule has 3 rings (SSSR count). The third-order valence-corrected chi connectivity index (χ3v) is 4.46. The van der Waals surface area contributed by atoms with Crippen molar-refractivity contribution in [2.45, 2.75) is 18.8 Å². The summed E-state index contributed by atoms with van der Waals surface area (Å²) in [5.74, 6) is -0.289. The van der Waals surface area contributed by atoms with Crippen LogP contribution in [0.2, 0.25) is 5.02 Å². The van der Waals surface area contributed by atoms with Gasteiger partial charge in [0.05, 0.1) is 0 Å². The van der Waals surface area contributed by atoms with E-state index in [4.69, 9.17) is 11.6 Å². The zero-order chi connectivity index (χ0) is 14.1. The molecular weight excluding hydrogens is 279 g/mol. The first-order valence-electron chi connectivity index (χ1n) is 7.12. The molecule has 2 atom stereocenters. The van der Waals surface area contributed by atoms with Crippen molar-refractivity contribution in [2.75, 3.05) is 26.2 Å². The standard InChI is InChI=1S/C15H18ClFN2O/c16-12-3-1-4-13(17)14(12)10-9-11(10)15(20)19-7-2-5-18-6-8-19/h1,3-4,10-11,18H,2,5-9H2. The summed E-state index contributed by atoms with van der Waals surface area (Å²) in [4.78, 5) is 14.4. The van der Waals surface area contributed by atoms with Gasteiger partial charge in [-0.2, -0.15) is 0 Å². The Morgan fingerprint density at radius 1 is 1.35 bits per heavy atom. The van der Waals surface area contributed by atoms with Crippen LogP contribution >= 0.6 is 11.6 Å². The first-order chi connectivity index (χ1) is 9.68. The number of benzene rings is 1. The summed E-state index contributed by atoms with van der Waals surface area (Å²) in [5.41, 5.74) is 0.514. The van der Waals surface area contributed by atoms with Gasteiger partial charge < -0.3 is 10.2 Å². The summed E-state index contributed by atoms with van der Waals surface area (Å²) in [5, 5.41) is 3.71. The second-order valence-electron chi connectivity index (χ2n) is 5.51. The summed E-state index contributed by atoms with van der Waals surface area (Å²) < 4.78 is 13.9. The van der Waals surface area contributed by atoms with Crippen molar-refractivity contribution in [1.82, 2.24) is 10.2 Å². The molecule has 2 aliphatic rings. The van der Waals surface area contributed by atoms with Crippen molar-refractivity contribution in [1.29, 1.82) is 0 Å². The second kappa shape index (κ2) is 5.70. The SMILES string of the molecule is O=C(C1CC1c1c(F)cccc1Cl)N1CCCNCC1. The summed E-state index contributed by atoms with van der Waals surface area (Å²) in [6.45, 7) is 3.33. The number of rotatable bonds is 2. The molecule has 0 bridgehead atoms. The number of hydrogen-bond acceptors (Lipinski definition) is 2. The molecular formula is C15H18ClFN2O. The highest BCUT2D eigenvalue weighted by Gasteiger charge is 2.47. The Bertz CT molecular complexity index is 494. The van der Waals surface area contributed by atoms with Crippen LogP contribution < -0.4 is 5.32 Å². The molecule has 1 N–H and O–H groups in total. The van der Waals surface area contributed by atoms with Gasteiger partial charge in [0.1, 0.15) is 5.82 Å². The van der Waals surface area contributed by atoms with E-state index < -0.39 is 0 Å². The fourth-order valence-electron chi connectivity index (χ4n) is 2.95. The molecule has 20 heavy (non-hydrogen) atoms. The van der Waals surface area contributed by atoms with Crippen molar-refractivity contribution in [3.8, 4) is 0 Å². The van der Waals surface area contributed by atoms with Gasteiger partial charge in [-0.25, -0.2) is 4.39 Å². The van der Waals surface area contributed by atoms with Crippen molar-refractivity contribution < 1.29 is 9.18 Å². The van der Waals surface area contributed by atoms with Crippen LogP contribution in [0.25, 0.3) is 0 Å². The van der Waals surface area contributed by atoms with E-state index in [0.29, 0.717) is 17.0 Å². The number of carbonyl (C=O) groups excluding carboxylic acids is 1. The lowest BCUT2D eigenvalue weighted by Crippen LogP contribution is -2.35. The van der Waals surface area contributed by atoms with Crippen LogP contribution in [-0.4, -0.2) is 37.0 Å². The van der Waals surface area contributed by atoms with E-state index in [1.807, 2.05) is 4.90 Å². The van der Waals surface area contributed by atoms with Gasteiger partial charge in [-0.3, -0.25) is 4.79 Å². The minimum atomic E-state index is -0.296. The monoisotopic (exact) mass is 296 g/mol. The van der Waals surface area contributed by atoms with Crippen LogP contribution in [0.1, 0.15) is 24.3 Å². The fourth-order valence-corrected chi connectivity index (χ4v) is 3.26. The maximum Gasteiger partial charge on any atom is 0.226 e. The normalized spacial score (nSPS) is 26.2. The molecule has 1 aromatic carbocycles. The molecule has 1 aliphatic carbocycles. The van der Waals surface area contributed by atoms with Gasteiger partial charge in [-0.1, -0.05) is 17.7 Å². The first-order valence-corrected chi connectivity index (χ1v) is 7.49. The largest absolute Gasteiger partial charge is 0.341 e. The Kier molecular flexibility index (Phi) is 3.94. The molecule has 1 amide bonds. The average Bonchev–Trinajstić information content (AvgIpc) is 3.22. The van der Waals surface area contributed by atoms with E-state index in [2.05, 4.69) is 5.32 Å². The van der Waals surface area contributed by atoms with Crippen molar-refractivity contribution in [2.24, 2.45) is 5.92 Å². The molecule has 0 aromatic heterocycles. The lowest BCUT2D eigenvalue weighted by molar-refractivity contribution is -0.132. The highest BCUT2D eigenvalue weighted by atomic mass is 35.5. The highest BCUT2D eigenvalue weighted by Crippen LogP contribution is 2.51. The molecule has 2 unspecified atom stereocenters. The Balaban J connectivity index is 1.70. The molecule has 2 fully saturated rings. The number of halogens is 2. The first kappa shape index (κ1) is 13.8. The van der Waals surface area contributed by atoms with Gasteiger partial charge in [0.15, 0.2) is 0 Å². The average molecular weight is 297 g/mol. The van der Waals surface area contributed by atoms with Gasteiger partial charge in [0.2, 0.25) is 5.91 Å². The van der Waals surface area contributed by atoms with Crippen LogP contribution in [0.5, 0.6) is 0 Å². The molecule has 1 aliphatic heterocycles. The number of nitrogens with one attached hydrogen (secondary N) is 1. The van der Waals surface area contributed by atoms with Crippen molar-refractivity contribution >= 4 is 17.5 Å². The van der Waals surface area contributed by atoms with Crippen LogP contribution in [0.15, 0.2) is 18.2 Å². The minimum Gasteiger partial charge on any atom is -0.341 e. The third kappa shape index (κ3) is 2.67. The zero-order valence-electron chi connectivity index (χ0n) is 11.2. The molecule has 0 radical (unpaired) electrons. The van der Waals surface area contributed by atoms with Crippen molar-refractivity contribution in [3.63, 3.8) is 0 Å². The number of hydrogen-bond donors (Lipinski definition) is 1. The zero-order valence-corrected chi connectivity index (χ0v) is 12.0. The van der Waals surface area contributed by atoms with E-state index in [-0.39, 0.29) is 23.6 Å². The van der Waals surface area contributed by atoms with Crippen LogP contribution in [0.4, 0.5) is 4.39 Å². The van der Waals surface area contributed by atoms with E-state index in [1.165, 1.54) is 6.07 Å². The summed E-state index contributed by atoms with van der Waals surface area (Å²) in [6.07, 6.45) is 1.69. The van der Waals surface area contributed by atoms with Crippen molar-refractivity contribution in [3.05, 3.63) is 34.6 Å². The number of nitrogens with zero attached hydrogens (tertiary/aromatic N) is 1. The summed E-state index contributed by atoms with van der Waals surface area (Å²) in [6, 6.07) is 4.70. The lowest BCUT2D eigenvalue weighted by atomic mass is 10.1. The van der Waals surface area contributed by atoms with E-state index in [1.54, 1.807) is 12.1 Å². The Morgan fingerprint density at radius 3 is 3.00 bits per heavy atom. The Labute approximate surface area is 123 Å². The van der Waals surface area contributed by atoms with E-state index >= 15 is 0 Å². The van der Waals surface area contributed by atoms with Crippen LogP contribution in [-0.2, 0) is 4.79 Å². The number of carbonyl (C=O) groups is 1. The highest BCUT2D eigenvalue weighted by molar-refractivity contribution is 6.31. The molecule has 3 nitrogen and oxygen atoms in total. The lowest BCUT2D eigenvalue weighted by Gasteiger charge is -2.20. The van der Waals surface area contributed by atoms with E-state index in [0.717, 1.165) is 32.6 Å². The van der Waals surface area contributed by atoms with Crippen LogP contribution in [0, 0.1) is 11.7 Å². The maximum absolute atomic E-state index is 13.9. The Morgan fingerprint density at radius 2 is 2.20 bits per heavy atom. The smallest absolute Gasteiger partial charge is 0.226 e. The quantitative estimate of drug-likeness (QED) is 0.909. The van der Waals surface area contributed by atoms with Crippen LogP contribution in [0.3, 0.4) is 0 Å². The van der Waals surface area contributed by atoms with Gasteiger partial charge in [0.25, 0.3) is 0 Å². The maximum atomic E-state index is 13.9. The number of amides is 1. The van der Waals surface area contributed by atoms with E-state index in [9.17, 15) is 9.18 Å². The molecule has 108 valence electrons. The summed E-state index contributed by atoms with van der Waals surface area (Å²) in [7, 11) is 0. The topological polar surface area (TPSA) is 32.3 Å². The molecule has 1 saturated carbocycles. The van der Waals surface area contributed by atoms with Gasteiger partial charge in [-0.05, 0) is 31.5 Å². The summed E-state index contributed by atoms with van der Waals surface area (Å²) >= 11 is 6.07. The predicted molar refractivity (Wildman–Crippen MR) is 76.3 cm³/mol. The predicted octanol–water partition coefficient (Wildman–Crippen LogP) is 2.40. The van der Waals surface area contributed by atoms with Gasteiger partial charge >= 0.3 is 0 Å². The third-order valence-electron chi connectivity index (χ3n) is 4.13. The van der Waals surface area contributed by atoms with Gasteiger partial charge in [-0.15, -0.1) is 0 Å². The molecule has 5 heteroatoms. The second-order valence-corrected chi connectivity index (χ2v) is 5.92. The molecule has 1 saturated heterocycles. The minimum absolute atomic E-state index is 0.0487. The fraction of sp³-hybridized carbons (Fsp3) is 0.533. The molecule has 1 aromatic rings. The van der Waals surface area contributed by atoms with Gasteiger partial charge in [0, 0.05) is 42.1 Å².